The van der Waals surface area contributed by atoms with Crippen LogP contribution >= 0.6 is 11.8 Å². The monoisotopic (exact) mass is 257 g/mol. The molecule has 0 unspecified atom stereocenters. The highest BCUT2D eigenvalue weighted by Crippen LogP contribution is 2.18. The molecule has 1 rings (SSSR count). The first-order chi connectivity index (χ1) is 8.00. The molecule has 0 amide bonds. The van der Waals surface area contributed by atoms with Crippen LogP contribution in [0.1, 0.15) is 18.9 Å². The number of allylic oxidation sites excluding steroid dienone is 1. The van der Waals surface area contributed by atoms with Gasteiger partial charge in [-0.15, -0.1) is 0 Å². The van der Waals surface area contributed by atoms with Crippen molar-refractivity contribution in [3.63, 3.8) is 0 Å². The van der Waals surface area contributed by atoms with E-state index in [0.717, 1.165) is 12.1 Å². The lowest BCUT2D eigenvalue weighted by atomic mass is 10.1. The summed E-state index contributed by atoms with van der Waals surface area (Å²) < 4.78 is 26.6. The molecule has 0 aliphatic carbocycles. The molecule has 2 nitrogen and oxygen atoms in total. The average molecular weight is 257 g/mol. The van der Waals surface area contributed by atoms with Crippen molar-refractivity contribution in [1.29, 1.82) is 0 Å². The number of rotatable bonds is 4. The molecule has 0 saturated heterocycles. The van der Waals surface area contributed by atoms with Crippen molar-refractivity contribution in [2.75, 3.05) is 11.5 Å². The van der Waals surface area contributed by atoms with Gasteiger partial charge in [0, 0.05) is 23.9 Å². The summed E-state index contributed by atoms with van der Waals surface area (Å²) >= 11 is 1.18. The highest BCUT2D eigenvalue weighted by atomic mass is 32.2. The largest absolute Gasteiger partial charge is 0.399 e. The quantitative estimate of drug-likeness (QED) is 0.665. The molecule has 5 heteroatoms. The van der Waals surface area contributed by atoms with Crippen LogP contribution in [-0.2, 0) is 4.79 Å². The zero-order valence-corrected chi connectivity index (χ0v) is 10.2. The summed E-state index contributed by atoms with van der Waals surface area (Å²) in [6.45, 7) is 1.48. The molecule has 0 radical (unpaired) electrons. The summed E-state index contributed by atoms with van der Waals surface area (Å²) in [5, 5.41) is 0.0308. The van der Waals surface area contributed by atoms with Gasteiger partial charge < -0.3 is 5.73 Å². The van der Waals surface area contributed by atoms with E-state index in [0.29, 0.717) is 12.2 Å². The highest BCUT2D eigenvalue weighted by molar-refractivity contribution is 8.13. The van der Waals surface area contributed by atoms with Crippen molar-refractivity contribution in [3.05, 3.63) is 35.4 Å². The second-order valence-electron chi connectivity index (χ2n) is 3.43. The number of hydrogen-bond acceptors (Lipinski definition) is 3. The minimum absolute atomic E-state index is 0.0308. The Bertz CT molecular complexity index is 423. The van der Waals surface area contributed by atoms with Gasteiger partial charge in [0.1, 0.15) is 11.6 Å². The standard InChI is InChI=1S/C12H13F2NOS/c1-8(16)17-5-3-2-4-10-11(13)6-9(15)7-12(10)14/h2,4,6-7H,3,5,15H2,1H3. The van der Waals surface area contributed by atoms with E-state index in [2.05, 4.69) is 0 Å². The van der Waals surface area contributed by atoms with Crippen LogP contribution in [0.3, 0.4) is 0 Å². The van der Waals surface area contributed by atoms with Crippen LogP contribution in [0.15, 0.2) is 18.2 Å². The number of hydrogen-bond donors (Lipinski definition) is 1. The maximum atomic E-state index is 13.3. The minimum atomic E-state index is -0.682. The third kappa shape index (κ3) is 4.56. The number of benzene rings is 1. The van der Waals surface area contributed by atoms with Gasteiger partial charge in [-0.05, 0) is 18.6 Å². The lowest BCUT2D eigenvalue weighted by molar-refractivity contribution is -0.109. The molecule has 0 fully saturated rings. The van der Waals surface area contributed by atoms with Gasteiger partial charge in [0.15, 0.2) is 5.12 Å². The molecule has 0 saturated carbocycles. The fourth-order valence-electron chi connectivity index (χ4n) is 1.24. The Labute approximate surface area is 103 Å². The fourth-order valence-corrected chi connectivity index (χ4v) is 1.78. The lowest BCUT2D eigenvalue weighted by Crippen LogP contribution is -1.93. The van der Waals surface area contributed by atoms with Crippen molar-refractivity contribution >= 4 is 28.6 Å². The van der Waals surface area contributed by atoms with Crippen molar-refractivity contribution in [2.45, 2.75) is 13.3 Å². The predicted octanol–water partition coefficient (Wildman–Crippen LogP) is 3.23. The van der Waals surface area contributed by atoms with E-state index < -0.39 is 11.6 Å². The zero-order chi connectivity index (χ0) is 12.8. The van der Waals surface area contributed by atoms with Crippen LogP contribution < -0.4 is 5.73 Å². The molecular weight excluding hydrogens is 244 g/mol. The summed E-state index contributed by atoms with van der Waals surface area (Å²) in [5.74, 6) is -0.764. The summed E-state index contributed by atoms with van der Waals surface area (Å²) in [6.07, 6.45) is 3.58. The Morgan fingerprint density at radius 1 is 1.41 bits per heavy atom. The third-order valence-electron chi connectivity index (χ3n) is 1.98. The Hall–Kier alpha value is -1.36. The second-order valence-corrected chi connectivity index (χ2v) is 4.70. The molecular formula is C12H13F2NOS. The molecule has 0 bridgehead atoms. The van der Waals surface area contributed by atoms with E-state index >= 15 is 0 Å². The molecule has 0 aliphatic rings. The Morgan fingerprint density at radius 3 is 2.53 bits per heavy atom. The summed E-state index contributed by atoms with van der Waals surface area (Å²) in [5.41, 5.74) is 5.25. The topological polar surface area (TPSA) is 43.1 Å². The van der Waals surface area contributed by atoms with Gasteiger partial charge in [-0.3, -0.25) is 4.79 Å². The Morgan fingerprint density at radius 2 is 2.00 bits per heavy atom. The summed E-state index contributed by atoms with van der Waals surface area (Å²) in [4.78, 5) is 10.6. The first kappa shape index (κ1) is 13.7. The van der Waals surface area contributed by atoms with Gasteiger partial charge in [-0.2, -0.15) is 0 Å². The smallest absolute Gasteiger partial charge is 0.185 e. The zero-order valence-electron chi connectivity index (χ0n) is 9.37. The van der Waals surface area contributed by atoms with Crippen molar-refractivity contribution < 1.29 is 13.6 Å². The van der Waals surface area contributed by atoms with Gasteiger partial charge >= 0.3 is 0 Å². The van der Waals surface area contributed by atoms with Crippen molar-refractivity contribution in [2.24, 2.45) is 0 Å². The van der Waals surface area contributed by atoms with Crippen LogP contribution in [0.25, 0.3) is 6.08 Å². The Balaban J connectivity index is 2.62. The molecule has 0 aliphatic heterocycles. The third-order valence-corrected chi connectivity index (χ3v) is 2.82. The van der Waals surface area contributed by atoms with Gasteiger partial charge in [-0.25, -0.2) is 8.78 Å². The number of halogens is 2. The van der Waals surface area contributed by atoms with E-state index in [1.807, 2.05) is 0 Å². The summed E-state index contributed by atoms with van der Waals surface area (Å²) in [6, 6.07) is 2.15. The molecule has 0 atom stereocenters. The van der Waals surface area contributed by atoms with Crippen molar-refractivity contribution in [1.82, 2.24) is 0 Å². The number of nitrogens with two attached hydrogens (primary N) is 1. The van der Waals surface area contributed by atoms with Gasteiger partial charge in [0.05, 0.1) is 0 Å². The molecule has 0 aromatic heterocycles. The molecule has 1 aromatic carbocycles. The maximum Gasteiger partial charge on any atom is 0.185 e. The van der Waals surface area contributed by atoms with Gasteiger partial charge in [0.25, 0.3) is 0 Å². The number of thioether (sulfide) groups is 1. The summed E-state index contributed by atoms with van der Waals surface area (Å²) in [7, 11) is 0. The molecule has 0 spiro atoms. The normalized spacial score (nSPS) is 11.0. The van der Waals surface area contributed by atoms with E-state index in [1.165, 1.54) is 24.8 Å². The first-order valence-corrected chi connectivity index (χ1v) is 6.03. The van der Waals surface area contributed by atoms with Gasteiger partial charge in [0.2, 0.25) is 0 Å². The van der Waals surface area contributed by atoms with E-state index in [-0.39, 0.29) is 16.4 Å². The SMILES string of the molecule is CC(=O)SCCC=Cc1c(F)cc(N)cc1F. The molecule has 2 N–H and O–H groups in total. The van der Waals surface area contributed by atoms with Crippen LogP contribution in [0.4, 0.5) is 14.5 Å². The van der Waals surface area contributed by atoms with E-state index in [9.17, 15) is 13.6 Å². The Kier molecular flexibility index (Phi) is 5.15. The van der Waals surface area contributed by atoms with Crippen molar-refractivity contribution in [3.8, 4) is 0 Å². The highest BCUT2D eigenvalue weighted by Gasteiger charge is 2.06. The fraction of sp³-hybridized carbons (Fsp3) is 0.250. The maximum absolute atomic E-state index is 13.3. The van der Waals surface area contributed by atoms with Crippen LogP contribution in [0.5, 0.6) is 0 Å². The minimum Gasteiger partial charge on any atom is -0.399 e. The number of nitrogen functional groups attached to an aromatic ring is 1. The number of anilines is 1. The average Bonchev–Trinajstić information content (AvgIpc) is 2.20. The van der Waals surface area contributed by atoms with Crippen LogP contribution in [0.2, 0.25) is 0 Å². The van der Waals surface area contributed by atoms with Crippen LogP contribution in [-0.4, -0.2) is 10.9 Å². The first-order valence-electron chi connectivity index (χ1n) is 5.05. The molecule has 0 heterocycles. The predicted molar refractivity (Wildman–Crippen MR) is 67.6 cm³/mol. The number of carbonyl (C=O) groups excluding carboxylic acids is 1. The van der Waals surface area contributed by atoms with E-state index in [1.54, 1.807) is 6.08 Å². The van der Waals surface area contributed by atoms with Crippen LogP contribution in [0, 0.1) is 11.6 Å². The lowest BCUT2D eigenvalue weighted by Gasteiger charge is -2.01. The molecule has 92 valence electrons. The van der Waals surface area contributed by atoms with Gasteiger partial charge in [-0.1, -0.05) is 23.9 Å². The second kappa shape index (κ2) is 6.39. The molecule has 1 aromatic rings. The molecule has 17 heavy (non-hydrogen) atoms. The number of carbonyl (C=O) groups is 1. The van der Waals surface area contributed by atoms with E-state index in [4.69, 9.17) is 5.73 Å².